The van der Waals surface area contributed by atoms with Crippen molar-refractivity contribution in [3.8, 4) is 0 Å². The first-order valence-corrected chi connectivity index (χ1v) is 11.4. The Kier molecular flexibility index (Phi) is 7.43. The first-order chi connectivity index (χ1) is 14.7. The molecule has 3 rings (SSSR count). The summed E-state index contributed by atoms with van der Waals surface area (Å²) in [5.74, 6) is -0.870. The fourth-order valence-electron chi connectivity index (χ4n) is 2.90. The number of hydrogen-bond acceptors (Lipinski definition) is 3. The first-order valence-electron chi connectivity index (χ1n) is 9.56. The van der Waals surface area contributed by atoms with E-state index in [2.05, 4.69) is 5.32 Å². The molecule has 3 aromatic carbocycles. The molecule has 0 aliphatic rings. The van der Waals surface area contributed by atoms with Crippen molar-refractivity contribution < 1.29 is 17.6 Å². The molecule has 162 valence electrons. The first kappa shape index (κ1) is 22.9. The van der Waals surface area contributed by atoms with Crippen LogP contribution in [-0.2, 0) is 27.9 Å². The van der Waals surface area contributed by atoms with Crippen molar-refractivity contribution in [2.24, 2.45) is 0 Å². The van der Waals surface area contributed by atoms with Gasteiger partial charge in [-0.25, -0.2) is 12.8 Å². The summed E-state index contributed by atoms with van der Waals surface area (Å²) in [6, 6.07) is 18.9. The zero-order valence-electron chi connectivity index (χ0n) is 16.9. The molecule has 3 aromatic rings. The zero-order chi connectivity index (χ0) is 22.4. The third-order valence-electron chi connectivity index (χ3n) is 4.65. The normalized spacial score (nSPS) is 11.5. The Balaban J connectivity index is 1.79. The molecule has 0 fully saturated rings. The topological polar surface area (TPSA) is 66.5 Å². The lowest BCUT2D eigenvalue weighted by molar-refractivity contribution is -0.121. The van der Waals surface area contributed by atoms with E-state index in [9.17, 15) is 17.6 Å². The van der Waals surface area contributed by atoms with Gasteiger partial charge in [-0.15, -0.1) is 0 Å². The van der Waals surface area contributed by atoms with Crippen LogP contribution in [-0.4, -0.2) is 25.2 Å². The number of hydrogen-bond donors (Lipinski definition) is 1. The number of carbonyl (C=O) groups is 1. The molecule has 0 heterocycles. The van der Waals surface area contributed by atoms with Crippen LogP contribution in [0.3, 0.4) is 0 Å². The Morgan fingerprint density at radius 2 is 1.52 bits per heavy atom. The van der Waals surface area contributed by atoms with Gasteiger partial charge in [0, 0.05) is 18.1 Å². The Hall–Kier alpha value is -2.74. The second kappa shape index (κ2) is 10.0. The molecule has 1 N–H and O–H groups in total. The molecule has 0 unspecified atom stereocenters. The molecular formula is C23H22ClFN2O3S. The van der Waals surface area contributed by atoms with Crippen LogP contribution in [0.4, 0.5) is 4.39 Å². The maximum atomic E-state index is 13.3. The number of nitrogens with one attached hydrogen (secondary N) is 1. The average molecular weight is 461 g/mol. The van der Waals surface area contributed by atoms with Crippen LogP contribution < -0.4 is 5.32 Å². The van der Waals surface area contributed by atoms with Crippen molar-refractivity contribution in [1.82, 2.24) is 9.62 Å². The highest BCUT2D eigenvalue weighted by Crippen LogP contribution is 2.19. The van der Waals surface area contributed by atoms with Crippen LogP contribution in [0.15, 0.2) is 77.7 Å². The molecule has 0 radical (unpaired) electrons. The molecular weight excluding hydrogens is 439 g/mol. The van der Waals surface area contributed by atoms with Crippen molar-refractivity contribution in [2.75, 3.05) is 6.54 Å². The third kappa shape index (κ3) is 6.37. The maximum absolute atomic E-state index is 13.3. The number of amides is 1. The molecule has 0 saturated carbocycles. The highest BCUT2D eigenvalue weighted by atomic mass is 35.5. The van der Waals surface area contributed by atoms with Crippen LogP contribution in [0.2, 0.25) is 5.02 Å². The maximum Gasteiger partial charge on any atom is 0.243 e. The molecule has 8 heteroatoms. The van der Waals surface area contributed by atoms with Crippen molar-refractivity contribution >= 4 is 27.5 Å². The van der Waals surface area contributed by atoms with Gasteiger partial charge in [-0.05, 0) is 54.4 Å². The second-order valence-corrected chi connectivity index (χ2v) is 9.49. The monoisotopic (exact) mass is 460 g/mol. The summed E-state index contributed by atoms with van der Waals surface area (Å²) in [6.07, 6.45) is 0. The zero-order valence-corrected chi connectivity index (χ0v) is 18.5. The van der Waals surface area contributed by atoms with E-state index in [0.717, 1.165) is 15.4 Å². The van der Waals surface area contributed by atoms with Gasteiger partial charge in [0.05, 0.1) is 11.4 Å². The minimum atomic E-state index is -3.95. The van der Waals surface area contributed by atoms with E-state index in [4.69, 9.17) is 11.6 Å². The molecule has 1 amide bonds. The van der Waals surface area contributed by atoms with Crippen LogP contribution in [0.1, 0.15) is 16.7 Å². The Labute approximate surface area is 186 Å². The van der Waals surface area contributed by atoms with E-state index in [1.54, 1.807) is 36.4 Å². The molecule has 0 atom stereocenters. The lowest BCUT2D eigenvalue weighted by Crippen LogP contribution is -2.40. The van der Waals surface area contributed by atoms with Crippen molar-refractivity contribution in [3.63, 3.8) is 0 Å². The van der Waals surface area contributed by atoms with E-state index in [1.807, 2.05) is 6.92 Å². The predicted molar refractivity (Wildman–Crippen MR) is 118 cm³/mol. The van der Waals surface area contributed by atoms with Crippen molar-refractivity contribution in [2.45, 2.75) is 24.9 Å². The lowest BCUT2D eigenvalue weighted by atomic mass is 10.2. The van der Waals surface area contributed by atoms with Crippen LogP contribution in [0, 0.1) is 12.7 Å². The number of aryl methyl sites for hydroxylation is 1. The standard InChI is InChI=1S/C23H22ClFN2O3S/c1-17-2-12-22(13-3-17)31(29,30)27(15-19-6-10-21(25)11-7-19)16-23(28)26-14-18-4-8-20(24)9-5-18/h2-13H,14-16H2,1H3,(H,26,28). The fraction of sp³-hybridized carbons (Fsp3) is 0.174. The lowest BCUT2D eigenvalue weighted by Gasteiger charge is -2.22. The SMILES string of the molecule is Cc1ccc(S(=O)(=O)N(CC(=O)NCc2ccc(Cl)cc2)Cc2ccc(F)cc2)cc1. The summed E-state index contributed by atoms with van der Waals surface area (Å²) in [6.45, 7) is 1.66. The number of rotatable bonds is 8. The summed E-state index contributed by atoms with van der Waals surface area (Å²) in [4.78, 5) is 12.7. The molecule has 0 aromatic heterocycles. The van der Waals surface area contributed by atoms with E-state index < -0.39 is 21.7 Å². The minimum Gasteiger partial charge on any atom is -0.351 e. The Morgan fingerprint density at radius 3 is 2.13 bits per heavy atom. The van der Waals surface area contributed by atoms with Gasteiger partial charge in [0.2, 0.25) is 15.9 Å². The van der Waals surface area contributed by atoms with Crippen molar-refractivity contribution in [1.29, 1.82) is 0 Å². The molecule has 0 aliphatic carbocycles. The van der Waals surface area contributed by atoms with Crippen LogP contribution >= 0.6 is 11.6 Å². The van der Waals surface area contributed by atoms with Crippen LogP contribution in [0.25, 0.3) is 0 Å². The van der Waals surface area contributed by atoms with Crippen molar-refractivity contribution in [3.05, 3.63) is 100 Å². The third-order valence-corrected chi connectivity index (χ3v) is 6.71. The van der Waals surface area contributed by atoms with Gasteiger partial charge >= 0.3 is 0 Å². The number of sulfonamides is 1. The number of halogens is 2. The quantitative estimate of drug-likeness (QED) is 0.545. The molecule has 0 spiro atoms. The smallest absolute Gasteiger partial charge is 0.243 e. The van der Waals surface area contributed by atoms with Gasteiger partial charge in [0.25, 0.3) is 0 Å². The highest BCUT2D eigenvalue weighted by molar-refractivity contribution is 7.89. The van der Waals surface area contributed by atoms with Crippen LogP contribution in [0.5, 0.6) is 0 Å². The number of nitrogens with zero attached hydrogens (tertiary/aromatic N) is 1. The van der Waals surface area contributed by atoms with Gasteiger partial charge in [-0.1, -0.05) is 53.6 Å². The Bertz CT molecular complexity index is 1130. The van der Waals surface area contributed by atoms with Gasteiger partial charge in [-0.2, -0.15) is 4.31 Å². The van der Waals surface area contributed by atoms with Gasteiger partial charge in [-0.3, -0.25) is 4.79 Å². The van der Waals surface area contributed by atoms with E-state index in [1.165, 1.54) is 36.4 Å². The summed E-state index contributed by atoms with van der Waals surface area (Å²) in [5.41, 5.74) is 2.33. The van der Waals surface area contributed by atoms with E-state index in [-0.39, 0.29) is 24.5 Å². The Morgan fingerprint density at radius 1 is 0.935 bits per heavy atom. The minimum absolute atomic E-state index is 0.0646. The molecule has 0 saturated heterocycles. The largest absolute Gasteiger partial charge is 0.351 e. The molecule has 5 nitrogen and oxygen atoms in total. The fourth-order valence-corrected chi connectivity index (χ4v) is 4.41. The van der Waals surface area contributed by atoms with Gasteiger partial charge in [0.15, 0.2) is 0 Å². The van der Waals surface area contributed by atoms with Gasteiger partial charge in [0.1, 0.15) is 5.82 Å². The average Bonchev–Trinajstić information content (AvgIpc) is 2.74. The summed E-state index contributed by atoms with van der Waals surface area (Å²) >= 11 is 5.86. The predicted octanol–water partition coefficient (Wildman–Crippen LogP) is 4.29. The van der Waals surface area contributed by atoms with E-state index >= 15 is 0 Å². The molecule has 0 bridgehead atoms. The number of carbonyl (C=O) groups excluding carboxylic acids is 1. The summed E-state index contributed by atoms with van der Waals surface area (Å²) in [7, 11) is -3.95. The number of benzene rings is 3. The summed E-state index contributed by atoms with van der Waals surface area (Å²) in [5, 5.41) is 3.32. The molecule has 31 heavy (non-hydrogen) atoms. The van der Waals surface area contributed by atoms with Gasteiger partial charge < -0.3 is 5.32 Å². The van der Waals surface area contributed by atoms with E-state index in [0.29, 0.717) is 10.6 Å². The second-order valence-electron chi connectivity index (χ2n) is 7.12. The summed E-state index contributed by atoms with van der Waals surface area (Å²) < 4.78 is 40.8. The highest BCUT2D eigenvalue weighted by Gasteiger charge is 2.27. The molecule has 0 aliphatic heterocycles.